The lowest BCUT2D eigenvalue weighted by Gasteiger charge is -2.44. The maximum absolute atomic E-state index is 15.1. The van der Waals surface area contributed by atoms with E-state index in [-0.39, 0.29) is 53.4 Å². The Labute approximate surface area is 319 Å². The summed E-state index contributed by atoms with van der Waals surface area (Å²) in [5, 5.41) is 11.8. The molecule has 53 heavy (non-hydrogen) atoms. The SMILES string of the molecule is C=CCNC(=O)C(=O)C(CC1CCC1)NC(=O)[C@@H]1[C@@H]2[C@H](CN1C(=O)[C@@H](NC(=O)[C@@H](NC(=O)C1=CCCS1)C1CCCCC1)C1(C)CCCCC1)C2(C)C. The summed E-state index contributed by atoms with van der Waals surface area (Å²) in [6.45, 7) is 10.4. The van der Waals surface area contributed by atoms with Crippen LogP contribution in [0.1, 0.15) is 117 Å². The number of ketones is 1. The van der Waals surface area contributed by atoms with Crippen LogP contribution in [0.2, 0.25) is 0 Å². The van der Waals surface area contributed by atoms with Crippen molar-refractivity contribution in [2.24, 2.45) is 34.5 Å². The van der Waals surface area contributed by atoms with E-state index in [1.54, 1.807) is 4.90 Å². The lowest BCUT2D eigenvalue weighted by atomic mass is 9.69. The topological polar surface area (TPSA) is 154 Å². The molecule has 1 unspecified atom stereocenters. The molecule has 0 spiro atoms. The number of Topliss-reactive ketones (excluding diaryl/α,β-unsaturated/α-hetero) is 1. The van der Waals surface area contributed by atoms with E-state index in [0.717, 1.165) is 95.6 Å². The molecule has 2 aliphatic heterocycles. The molecule has 6 atom stereocenters. The van der Waals surface area contributed by atoms with Crippen LogP contribution in [0.25, 0.3) is 0 Å². The summed E-state index contributed by atoms with van der Waals surface area (Å²) in [5.74, 6) is -1.64. The number of hydrogen-bond donors (Lipinski definition) is 4. The monoisotopic (exact) mass is 751 g/mol. The highest BCUT2D eigenvalue weighted by Gasteiger charge is 2.70. The Kier molecular flexibility index (Phi) is 12.5. The molecule has 0 aromatic heterocycles. The van der Waals surface area contributed by atoms with Gasteiger partial charge in [0.05, 0.1) is 10.9 Å². The zero-order valence-electron chi connectivity index (χ0n) is 32.0. The molecule has 0 bridgehead atoms. The largest absolute Gasteiger partial charge is 0.346 e. The van der Waals surface area contributed by atoms with Crippen LogP contribution in [0.15, 0.2) is 23.6 Å². The van der Waals surface area contributed by atoms with E-state index < -0.39 is 47.2 Å². The minimum atomic E-state index is -0.991. The average Bonchev–Trinajstić information content (AvgIpc) is 3.58. The van der Waals surface area contributed by atoms with Gasteiger partial charge in [-0.05, 0) is 73.0 Å². The average molecular weight is 752 g/mol. The molecular formula is C41H61N5O6S. The minimum absolute atomic E-state index is 0.0257. The molecule has 0 aromatic rings. The van der Waals surface area contributed by atoms with Gasteiger partial charge in [-0.3, -0.25) is 28.8 Å². The van der Waals surface area contributed by atoms with Crippen molar-refractivity contribution in [1.82, 2.24) is 26.2 Å². The molecule has 0 aromatic carbocycles. The number of allylic oxidation sites excluding steroid dienone is 1. The maximum atomic E-state index is 15.1. The highest BCUT2D eigenvalue weighted by Crippen LogP contribution is 2.65. The smallest absolute Gasteiger partial charge is 0.289 e. The van der Waals surface area contributed by atoms with Crippen molar-refractivity contribution in [3.05, 3.63) is 23.6 Å². The predicted molar refractivity (Wildman–Crippen MR) is 205 cm³/mol. The number of fused-ring (bicyclic) bond motifs is 1. The molecule has 292 valence electrons. The second-order valence-electron chi connectivity index (χ2n) is 17.6. The Morgan fingerprint density at radius 3 is 2.25 bits per heavy atom. The van der Waals surface area contributed by atoms with E-state index in [1.165, 1.54) is 17.8 Å². The molecule has 6 rings (SSSR count). The summed E-state index contributed by atoms with van der Waals surface area (Å²) < 4.78 is 0. The van der Waals surface area contributed by atoms with Crippen molar-refractivity contribution in [1.29, 1.82) is 0 Å². The van der Waals surface area contributed by atoms with Crippen LogP contribution in [-0.2, 0) is 28.8 Å². The molecule has 4 aliphatic carbocycles. The number of carbonyl (C=O) groups excluding carboxylic acids is 6. The van der Waals surface area contributed by atoms with Crippen LogP contribution >= 0.6 is 11.8 Å². The Balaban J connectivity index is 1.26. The fraction of sp³-hybridized carbons (Fsp3) is 0.756. The third kappa shape index (κ3) is 8.57. The van der Waals surface area contributed by atoms with Crippen molar-refractivity contribution in [2.75, 3.05) is 18.8 Å². The molecule has 4 saturated carbocycles. The van der Waals surface area contributed by atoms with Gasteiger partial charge in [0.15, 0.2) is 0 Å². The van der Waals surface area contributed by atoms with Gasteiger partial charge in [0, 0.05) is 18.8 Å². The first-order chi connectivity index (χ1) is 25.4. The Hall–Kier alpha value is -3.15. The normalized spacial score (nSPS) is 27.9. The molecule has 1 saturated heterocycles. The predicted octanol–water partition coefficient (Wildman–Crippen LogP) is 4.56. The Bertz CT molecular complexity index is 1480. The first kappa shape index (κ1) is 39.5. The van der Waals surface area contributed by atoms with Crippen LogP contribution in [0, 0.1) is 34.5 Å². The van der Waals surface area contributed by atoms with Crippen molar-refractivity contribution in [3.63, 3.8) is 0 Å². The third-order valence-corrected chi connectivity index (χ3v) is 14.8. The van der Waals surface area contributed by atoms with Crippen LogP contribution < -0.4 is 21.3 Å². The van der Waals surface area contributed by atoms with Gasteiger partial charge in [-0.15, -0.1) is 18.3 Å². The highest BCUT2D eigenvalue weighted by atomic mass is 32.2. The van der Waals surface area contributed by atoms with E-state index in [0.29, 0.717) is 17.9 Å². The van der Waals surface area contributed by atoms with Gasteiger partial charge in [0.1, 0.15) is 18.1 Å². The lowest BCUT2D eigenvalue weighted by Crippen LogP contribution is -2.64. The molecular weight excluding hydrogens is 691 g/mol. The highest BCUT2D eigenvalue weighted by molar-refractivity contribution is 8.04. The quantitative estimate of drug-likeness (QED) is 0.141. The van der Waals surface area contributed by atoms with Crippen molar-refractivity contribution < 1.29 is 28.8 Å². The number of amides is 5. The van der Waals surface area contributed by atoms with Gasteiger partial charge in [-0.25, -0.2) is 0 Å². The van der Waals surface area contributed by atoms with Gasteiger partial charge in [-0.1, -0.05) is 90.7 Å². The third-order valence-electron chi connectivity index (χ3n) is 13.7. The fourth-order valence-corrected chi connectivity index (χ4v) is 10.9. The van der Waals surface area contributed by atoms with Crippen molar-refractivity contribution in [3.8, 4) is 0 Å². The van der Waals surface area contributed by atoms with E-state index in [2.05, 4.69) is 48.6 Å². The zero-order chi connectivity index (χ0) is 37.9. The zero-order valence-corrected chi connectivity index (χ0v) is 32.8. The summed E-state index contributed by atoms with van der Waals surface area (Å²) >= 11 is 1.51. The van der Waals surface area contributed by atoms with Crippen molar-refractivity contribution in [2.45, 2.75) is 141 Å². The summed E-state index contributed by atoms with van der Waals surface area (Å²) in [6, 6.07) is -3.47. The van der Waals surface area contributed by atoms with Crippen LogP contribution in [0.3, 0.4) is 0 Å². The van der Waals surface area contributed by atoms with Crippen LogP contribution in [0.4, 0.5) is 0 Å². The number of rotatable bonds is 15. The van der Waals surface area contributed by atoms with Gasteiger partial charge in [0.2, 0.25) is 23.5 Å². The number of nitrogens with zero attached hydrogens (tertiary/aromatic N) is 1. The van der Waals surface area contributed by atoms with Gasteiger partial charge >= 0.3 is 0 Å². The molecule has 2 heterocycles. The van der Waals surface area contributed by atoms with Crippen LogP contribution in [0.5, 0.6) is 0 Å². The lowest BCUT2D eigenvalue weighted by molar-refractivity contribution is -0.148. The van der Waals surface area contributed by atoms with Gasteiger partial charge in [-0.2, -0.15) is 0 Å². The first-order valence-corrected chi connectivity index (χ1v) is 21.3. The van der Waals surface area contributed by atoms with Crippen molar-refractivity contribution >= 4 is 47.1 Å². The molecule has 12 heteroatoms. The van der Waals surface area contributed by atoms with Gasteiger partial charge in [0.25, 0.3) is 11.8 Å². The Morgan fingerprint density at radius 1 is 0.925 bits per heavy atom. The fourth-order valence-electron chi connectivity index (χ4n) is 10.0. The second kappa shape index (κ2) is 16.7. The number of thioether (sulfide) groups is 1. The number of piperidine rings is 1. The van der Waals surface area contributed by atoms with E-state index in [1.807, 2.05) is 6.08 Å². The van der Waals surface area contributed by atoms with E-state index >= 15 is 4.79 Å². The number of likely N-dealkylation sites (tertiary alicyclic amines) is 1. The van der Waals surface area contributed by atoms with Crippen LogP contribution in [-0.4, -0.2) is 83.2 Å². The van der Waals surface area contributed by atoms with E-state index in [9.17, 15) is 24.0 Å². The maximum Gasteiger partial charge on any atom is 0.289 e. The second-order valence-corrected chi connectivity index (χ2v) is 18.7. The molecule has 11 nitrogen and oxygen atoms in total. The molecule has 6 aliphatic rings. The molecule has 5 amide bonds. The minimum Gasteiger partial charge on any atom is -0.346 e. The number of nitrogens with one attached hydrogen (secondary N) is 4. The number of carbonyl (C=O) groups is 6. The summed E-state index contributed by atoms with van der Waals surface area (Å²) in [4.78, 5) is 85.9. The number of hydrogen-bond acceptors (Lipinski definition) is 7. The van der Waals surface area contributed by atoms with E-state index in [4.69, 9.17) is 0 Å². The molecule has 4 N–H and O–H groups in total. The molecule has 5 fully saturated rings. The first-order valence-electron chi connectivity index (χ1n) is 20.3. The molecule has 0 radical (unpaired) electrons. The Morgan fingerprint density at radius 2 is 1.62 bits per heavy atom. The van der Waals surface area contributed by atoms with Gasteiger partial charge < -0.3 is 26.2 Å². The summed E-state index contributed by atoms with van der Waals surface area (Å²) in [7, 11) is 0. The summed E-state index contributed by atoms with van der Waals surface area (Å²) in [6.07, 6.45) is 16.8. The standard InChI is InChI=1S/C41H61N5O6S/c1-5-21-42-38(51)33(47)28(23-25-14-12-15-25)43-37(50)32-30-27(40(30,2)3)24-46(32)39(52)34(41(4)19-10-7-11-20-41)45-36(49)31(26-16-8-6-9-17-26)44-35(48)29-18-13-22-53-29/h5,18,25-28,30-32,34H,1,6-17,19-24H2,2-4H3,(H,42,51)(H,43,50)(H,44,48)(H,45,49)/t27-,28?,30-,31-,32-,34+/m0/s1. The summed E-state index contributed by atoms with van der Waals surface area (Å²) in [5.41, 5.74) is -0.713.